The molecule has 0 aliphatic rings. The number of aryl methyl sites for hydroxylation is 2. The van der Waals surface area contributed by atoms with Crippen molar-refractivity contribution in [1.29, 1.82) is 0 Å². The Morgan fingerprint density at radius 1 is 0.861 bits per heavy atom. The van der Waals surface area contributed by atoms with Gasteiger partial charge in [-0.15, -0.1) is 0 Å². The molecule has 0 amide bonds. The lowest BCUT2D eigenvalue weighted by atomic mass is 9.91. The molecule has 0 spiro atoms. The number of hydrogen-bond acceptors (Lipinski definition) is 2. The average molecular weight is 482 g/mol. The van der Waals surface area contributed by atoms with Gasteiger partial charge in [0.1, 0.15) is 5.82 Å². The molecule has 0 saturated carbocycles. The van der Waals surface area contributed by atoms with E-state index in [9.17, 15) is 9.90 Å². The number of nitrogens with zero attached hydrogens (tertiary/aromatic N) is 1. The maximum Gasteiger partial charge on any atom is 0.305 e. The molecule has 2 atom stereocenters. The van der Waals surface area contributed by atoms with Crippen molar-refractivity contribution >= 4 is 5.97 Å². The number of carbonyl (C=O) groups is 1. The van der Waals surface area contributed by atoms with Gasteiger partial charge in [-0.3, -0.25) is 9.69 Å². The molecule has 3 nitrogen and oxygen atoms in total. The zero-order valence-corrected chi connectivity index (χ0v) is 21.0. The van der Waals surface area contributed by atoms with Crippen LogP contribution < -0.4 is 0 Å². The fourth-order valence-electron chi connectivity index (χ4n) is 5.03. The first-order chi connectivity index (χ1) is 17.3. The van der Waals surface area contributed by atoms with Crippen molar-refractivity contribution in [3.63, 3.8) is 0 Å². The number of hydrogen-bond donors (Lipinski definition) is 1. The third-order valence-electron chi connectivity index (χ3n) is 6.88. The summed E-state index contributed by atoms with van der Waals surface area (Å²) in [6.45, 7) is 6.63. The zero-order chi connectivity index (χ0) is 25.7. The quantitative estimate of drug-likeness (QED) is 0.264. The highest BCUT2D eigenvalue weighted by Gasteiger charge is 2.30. The molecule has 0 heterocycles. The van der Waals surface area contributed by atoms with Crippen LogP contribution in [0.2, 0.25) is 0 Å². The summed E-state index contributed by atoms with van der Waals surface area (Å²) in [5, 5.41) is 9.93. The first-order valence-corrected chi connectivity index (χ1v) is 12.3. The van der Waals surface area contributed by atoms with Gasteiger partial charge >= 0.3 is 5.97 Å². The van der Waals surface area contributed by atoms with Crippen LogP contribution in [0.4, 0.5) is 4.39 Å². The summed E-state index contributed by atoms with van der Waals surface area (Å²) in [6, 6.07) is 30.3. The molecule has 4 aromatic carbocycles. The van der Waals surface area contributed by atoms with Crippen molar-refractivity contribution in [2.75, 3.05) is 0 Å². The summed E-state index contributed by atoms with van der Waals surface area (Å²) in [5.74, 6) is -1.36. The predicted octanol–water partition coefficient (Wildman–Crippen LogP) is 7.89. The average Bonchev–Trinajstić information content (AvgIpc) is 2.87. The molecule has 4 rings (SSSR count). The van der Waals surface area contributed by atoms with Crippen molar-refractivity contribution < 1.29 is 14.3 Å². The van der Waals surface area contributed by atoms with E-state index >= 15 is 4.39 Å². The fraction of sp³-hybridized carbons (Fsp3) is 0.219. The van der Waals surface area contributed by atoms with E-state index in [2.05, 4.69) is 11.8 Å². The van der Waals surface area contributed by atoms with Crippen LogP contribution in [0.5, 0.6) is 0 Å². The number of halogens is 1. The third-order valence-corrected chi connectivity index (χ3v) is 6.88. The zero-order valence-electron chi connectivity index (χ0n) is 21.0. The second-order valence-corrected chi connectivity index (χ2v) is 9.36. The van der Waals surface area contributed by atoms with Crippen molar-refractivity contribution in [2.45, 2.75) is 45.8 Å². The van der Waals surface area contributed by atoms with Gasteiger partial charge < -0.3 is 5.11 Å². The second-order valence-electron chi connectivity index (χ2n) is 9.36. The lowest BCUT2D eigenvalue weighted by Gasteiger charge is -2.37. The normalized spacial score (nSPS) is 12.9. The van der Waals surface area contributed by atoms with Gasteiger partial charge in [-0.2, -0.15) is 0 Å². The standard InChI is InChI=1S/C32H32FNO2/c1-22-11-10-12-23(2)32(22)27-17-18-29(33)28(19-27)30(20-31(35)36)34(21-25-13-6-4-7-14-25)24(3)26-15-8-5-9-16-26/h4-19,24,30H,20-21H2,1-3H3,(H,35,36). The maximum absolute atomic E-state index is 15.5. The highest BCUT2D eigenvalue weighted by molar-refractivity contribution is 5.72. The smallest absolute Gasteiger partial charge is 0.305 e. The Morgan fingerprint density at radius 2 is 1.47 bits per heavy atom. The van der Waals surface area contributed by atoms with Gasteiger partial charge in [-0.1, -0.05) is 84.9 Å². The lowest BCUT2D eigenvalue weighted by Crippen LogP contribution is -2.33. The van der Waals surface area contributed by atoms with Gasteiger partial charge in [0, 0.05) is 24.2 Å². The van der Waals surface area contributed by atoms with Crippen molar-refractivity contribution in [3.05, 3.63) is 131 Å². The molecule has 0 bridgehead atoms. The molecule has 0 radical (unpaired) electrons. The Bertz CT molecular complexity index is 1300. The molecule has 4 aromatic rings. The van der Waals surface area contributed by atoms with Crippen LogP contribution in [0.25, 0.3) is 11.1 Å². The maximum atomic E-state index is 15.5. The van der Waals surface area contributed by atoms with E-state index in [1.165, 1.54) is 6.07 Å². The van der Waals surface area contributed by atoms with E-state index in [0.29, 0.717) is 12.1 Å². The minimum absolute atomic E-state index is 0.140. The molecule has 36 heavy (non-hydrogen) atoms. The molecule has 0 saturated heterocycles. The summed E-state index contributed by atoms with van der Waals surface area (Å²) in [4.78, 5) is 14.2. The third kappa shape index (κ3) is 5.72. The molecular formula is C32H32FNO2. The van der Waals surface area contributed by atoms with E-state index < -0.39 is 17.8 Å². The fourth-order valence-corrected chi connectivity index (χ4v) is 5.03. The molecule has 0 aliphatic carbocycles. The van der Waals surface area contributed by atoms with Crippen molar-refractivity contribution in [2.24, 2.45) is 0 Å². The SMILES string of the molecule is Cc1cccc(C)c1-c1ccc(F)c(C(CC(=O)O)N(Cc2ccccc2)C(C)c2ccccc2)c1. The predicted molar refractivity (Wildman–Crippen MR) is 143 cm³/mol. The summed E-state index contributed by atoms with van der Waals surface area (Å²) in [5.41, 5.74) is 6.64. The Balaban J connectivity index is 1.86. The highest BCUT2D eigenvalue weighted by atomic mass is 19.1. The summed E-state index contributed by atoms with van der Waals surface area (Å²) in [6.07, 6.45) is -0.211. The number of carboxylic acids is 1. The summed E-state index contributed by atoms with van der Waals surface area (Å²) < 4.78 is 15.5. The van der Waals surface area contributed by atoms with E-state index in [1.807, 2.05) is 98.8 Å². The van der Waals surface area contributed by atoms with Crippen LogP contribution in [-0.2, 0) is 11.3 Å². The number of aliphatic carboxylic acids is 1. The highest BCUT2D eigenvalue weighted by Crippen LogP contribution is 2.38. The minimum Gasteiger partial charge on any atom is -0.481 e. The molecule has 1 N–H and O–H groups in total. The van der Waals surface area contributed by atoms with Crippen molar-refractivity contribution in [1.82, 2.24) is 4.90 Å². The van der Waals surface area contributed by atoms with Crippen LogP contribution in [0.3, 0.4) is 0 Å². The Morgan fingerprint density at radius 3 is 2.08 bits per heavy atom. The molecule has 4 heteroatoms. The van der Waals surface area contributed by atoms with Gasteiger partial charge in [-0.05, 0) is 66.3 Å². The van der Waals surface area contributed by atoms with E-state index in [-0.39, 0.29) is 12.5 Å². The summed E-state index contributed by atoms with van der Waals surface area (Å²) >= 11 is 0. The first-order valence-electron chi connectivity index (χ1n) is 12.3. The Hall–Kier alpha value is -3.76. The van der Waals surface area contributed by atoms with Crippen LogP contribution in [0.15, 0.2) is 97.1 Å². The molecule has 0 aliphatic heterocycles. The van der Waals surface area contributed by atoms with E-state index in [0.717, 1.165) is 33.4 Å². The van der Waals surface area contributed by atoms with Crippen LogP contribution >= 0.6 is 0 Å². The minimum atomic E-state index is -0.963. The van der Waals surface area contributed by atoms with Gasteiger partial charge in [0.05, 0.1) is 6.42 Å². The topological polar surface area (TPSA) is 40.5 Å². The number of benzene rings is 4. The van der Waals surface area contributed by atoms with Gasteiger partial charge in [0.15, 0.2) is 0 Å². The summed E-state index contributed by atoms with van der Waals surface area (Å²) in [7, 11) is 0. The molecular weight excluding hydrogens is 449 g/mol. The molecule has 2 unspecified atom stereocenters. The van der Waals surface area contributed by atoms with Crippen LogP contribution in [-0.4, -0.2) is 16.0 Å². The number of rotatable bonds is 9. The first kappa shape index (κ1) is 25.3. The molecule has 184 valence electrons. The van der Waals surface area contributed by atoms with Crippen LogP contribution in [0.1, 0.15) is 53.2 Å². The van der Waals surface area contributed by atoms with Crippen LogP contribution in [0, 0.1) is 19.7 Å². The second kappa shape index (κ2) is 11.3. The Labute approximate surface area is 212 Å². The molecule has 0 fully saturated rings. The largest absolute Gasteiger partial charge is 0.481 e. The number of carboxylic acid groups (broad SMARTS) is 1. The van der Waals surface area contributed by atoms with Gasteiger partial charge in [-0.25, -0.2) is 4.39 Å². The monoisotopic (exact) mass is 481 g/mol. The van der Waals surface area contributed by atoms with E-state index in [1.54, 1.807) is 6.07 Å². The van der Waals surface area contributed by atoms with Gasteiger partial charge in [0.2, 0.25) is 0 Å². The molecule has 0 aromatic heterocycles. The lowest BCUT2D eigenvalue weighted by molar-refractivity contribution is -0.138. The van der Waals surface area contributed by atoms with E-state index in [4.69, 9.17) is 0 Å². The van der Waals surface area contributed by atoms with Gasteiger partial charge in [0.25, 0.3) is 0 Å². The Kier molecular flexibility index (Phi) is 7.97. The van der Waals surface area contributed by atoms with Crippen molar-refractivity contribution in [3.8, 4) is 11.1 Å².